The van der Waals surface area contributed by atoms with E-state index in [1.807, 2.05) is 69.3 Å². The molecule has 0 N–H and O–H groups in total. The summed E-state index contributed by atoms with van der Waals surface area (Å²) in [4.78, 5) is 14.7. The molecular formula is C21H28N2O3S. The van der Waals surface area contributed by atoms with E-state index in [1.165, 1.54) is 4.31 Å². The van der Waals surface area contributed by atoms with Crippen molar-refractivity contribution in [3.8, 4) is 0 Å². The smallest absolute Gasteiger partial charge is 0.246 e. The van der Waals surface area contributed by atoms with Crippen molar-refractivity contribution in [1.29, 1.82) is 0 Å². The quantitative estimate of drug-likeness (QED) is 0.729. The van der Waals surface area contributed by atoms with Gasteiger partial charge in [0.1, 0.15) is 6.04 Å². The van der Waals surface area contributed by atoms with Crippen molar-refractivity contribution >= 4 is 21.6 Å². The Morgan fingerprint density at radius 2 is 1.70 bits per heavy atom. The normalized spacial score (nSPS) is 12.5. The minimum Gasteiger partial charge on any atom is -0.340 e. The highest BCUT2D eigenvalue weighted by molar-refractivity contribution is 7.92. The standard InChI is InChI=1S/C21H28N2O3S/c1-6-19(21(24)22(4)15-18-10-8-7-9-11-18)23(27(5,25)26)20-14-16(2)12-13-17(20)3/h7-14,19H,6,15H2,1-5H3. The molecule has 2 rings (SSSR count). The van der Waals surface area contributed by atoms with Crippen LogP contribution in [0.1, 0.15) is 30.0 Å². The molecular weight excluding hydrogens is 360 g/mol. The monoisotopic (exact) mass is 388 g/mol. The van der Waals surface area contributed by atoms with Gasteiger partial charge >= 0.3 is 0 Å². The van der Waals surface area contributed by atoms with E-state index in [0.717, 1.165) is 22.9 Å². The van der Waals surface area contributed by atoms with Gasteiger partial charge in [-0.3, -0.25) is 9.10 Å². The number of amides is 1. The van der Waals surface area contributed by atoms with E-state index in [-0.39, 0.29) is 5.91 Å². The zero-order chi connectivity index (χ0) is 20.2. The molecule has 0 aliphatic rings. The van der Waals surface area contributed by atoms with Gasteiger partial charge in [-0.2, -0.15) is 0 Å². The van der Waals surface area contributed by atoms with Gasteiger partial charge < -0.3 is 4.90 Å². The number of likely N-dealkylation sites (N-methyl/N-ethyl adjacent to an activating group) is 1. The van der Waals surface area contributed by atoms with Crippen LogP contribution in [0.3, 0.4) is 0 Å². The van der Waals surface area contributed by atoms with E-state index in [1.54, 1.807) is 11.9 Å². The SMILES string of the molecule is CCC(C(=O)N(C)Cc1ccccc1)N(c1cc(C)ccc1C)S(C)(=O)=O. The van der Waals surface area contributed by atoms with Gasteiger partial charge in [-0.15, -0.1) is 0 Å². The lowest BCUT2D eigenvalue weighted by atomic mass is 10.1. The molecule has 27 heavy (non-hydrogen) atoms. The number of hydrogen-bond acceptors (Lipinski definition) is 3. The molecule has 6 heteroatoms. The maximum atomic E-state index is 13.2. The Balaban J connectivity index is 2.40. The third-order valence-electron chi connectivity index (χ3n) is 4.55. The topological polar surface area (TPSA) is 57.7 Å². The van der Waals surface area contributed by atoms with Crippen LogP contribution in [-0.2, 0) is 21.4 Å². The lowest BCUT2D eigenvalue weighted by Gasteiger charge is -2.34. The van der Waals surface area contributed by atoms with Crippen LogP contribution in [0.15, 0.2) is 48.5 Å². The minimum absolute atomic E-state index is 0.215. The average molecular weight is 389 g/mol. The van der Waals surface area contributed by atoms with Crippen molar-refractivity contribution in [3.05, 3.63) is 65.2 Å². The number of carbonyl (C=O) groups is 1. The molecule has 0 aliphatic heterocycles. The Morgan fingerprint density at radius 1 is 1.07 bits per heavy atom. The van der Waals surface area contributed by atoms with Gasteiger partial charge in [0.05, 0.1) is 11.9 Å². The maximum Gasteiger partial charge on any atom is 0.246 e. The summed E-state index contributed by atoms with van der Waals surface area (Å²) >= 11 is 0. The molecule has 1 amide bonds. The van der Waals surface area contributed by atoms with Gasteiger partial charge in [0, 0.05) is 13.6 Å². The molecule has 5 nitrogen and oxygen atoms in total. The maximum absolute atomic E-state index is 13.2. The second-order valence-corrected chi connectivity index (χ2v) is 8.81. The highest BCUT2D eigenvalue weighted by Gasteiger charge is 2.34. The molecule has 0 fully saturated rings. The predicted molar refractivity (Wildman–Crippen MR) is 110 cm³/mol. The summed E-state index contributed by atoms with van der Waals surface area (Å²) in [7, 11) is -1.92. The molecule has 0 heterocycles. The molecule has 0 bridgehead atoms. The summed E-state index contributed by atoms with van der Waals surface area (Å²) in [6.45, 7) is 6.04. The second kappa shape index (κ2) is 8.57. The van der Waals surface area contributed by atoms with Crippen LogP contribution in [-0.4, -0.2) is 38.6 Å². The van der Waals surface area contributed by atoms with Gasteiger partial charge in [0.15, 0.2) is 0 Å². The fraction of sp³-hybridized carbons (Fsp3) is 0.381. The van der Waals surface area contributed by atoms with Gasteiger partial charge in [-0.25, -0.2) is 8.42 Å². The predicted octanol–water partition coefficient (Wildman–Crippen LogP) is 3.51. The Hall–Kier alpha value is -2.34. The number of hydrogen-bond donors (Lipinski definition) is 0. The van der Waals surface area contributed by atoms with E-state index in [2.05, 4.69) is 0 Å². The van der Waals surface area contributed by atoms with E-state index in [9.17, 15) is 13.2 Å². The first kappa shape index (κ1) is 21.0. The van der Waals surface area contributed by atoms with Crippen LogP contribution >= 0.6 is 0 Å². The Bertz CT molecular complexity index is 895. The number of sulfonamides is 1. The Kier molecular flexibility index (Phi) is 6.65. The van der Waals surface area contributed by atoms with Gasteiger partial charge in [0.25, 0.3) is 0 Å². The molecule has 146 valence electrons. The van der Waals surface area contributed by atoms with Gasteiger partial charge in [-0.1, -0.05) is 49.4 Å². The second-order valence-electron chi connectivity index (χ2n) is 6.95. The number of anilines is 1. The van der Waals surface area contributed by atoms with E-state index < -0.39 is 16.1 Å². The van der Waals surface area contributed by atoms with E-state index in [0.29, 0.717) is 18.7 Å². The van der Waals surface area contributed by atoms with Crippen molar-refractivity contribution in [3.63, 3.8) is 0 Å². The highest BCUT2D eigenvalue weighted by Crippen LogP contribution is 2.28. The van der Waals surface area contributed by atoms with Crippen LogP contribution < -0.4 is 4.31 Å². The first-order valence-corrected chi connectivity index (χ1v) is 10.9. The molecule has 1 unspecified atom stereocenters. The largest absolute Gasteiger partial charge is 0.340 e. The summed E-state index contributed by atoms with van der Waals surface area (Å²) in [6.07, 6.45) is 1.54. The number of benzene rings is 2. The van der Waals surface area contributed by atoms with Crippen molar-refractivity contribution in [2.24, 2.45) is 0 Å². The van der Waals surface area contributed by atoms with Crippen LogP contribution in [0.5, 0.6) is 0 Å². The van der Waals surface area contributed by atoms with Crippen molar-refractivity contribution < 1.29 is 13.2 Å². The van der Waals surface area contributed by atoms with Crippen LogP contribution in [0, 0.1) is 13.8 Å². The molecule has 1 atom stereocenters. The summed E-state index contributed by atoms with van der Waals surface area (Å²) in [5, 5.41) is 0. The van der Waals surface area contributed by atoms with Crippen molar-refractivity contribution in [2.45, 2.75) is 39.8 Å². The molecule has 0 radical (unpaired) electrons. The van der Waals surface area contributed by atoms with Crippen LogP contribution in [0.25, 0.3) is 0 Å². The third-order valence-corrected chi connectivity index (χ3v) is 5.72. The number of carbonyl (C=O) groups excluding carboxylic acids is 1. The van der Waals surface area contributed by atoms with Crippen molar-refractivity contribution in [2.75, 3.05) is 17.6 Å². The van der Waals surface area contributed by atoms with Crippen LogP contribution in [0.4, 0.5) is 5.69 Å². The fourth-order valence-corrected chi connectivity index (χ4v) is 4.42. The first-order valence-electron chi connectivity index (χ1n) is 9.00. The number of rotatable bonds is 7. The van der Waals surface area contributed by atoms with E-state index in [4.69, 9.17) is 0 Å². The fourth-order valence-electron chi connectivity index (χ4n) is 3.16. The first-order chi connectivity index (χ1) is 12.6. The summed E-state index contributed by atoms with van der Waals surface area (Å²) in [5.41, 5.74) is 3.33. The minimum atomic E-state index is -3.63. The Morgan fingerprint density at radius 3 is 2.26 bits per heavy atom. The lowest BCUT2D eigenvalue weighted by Crippen LogP contribution is -2.49. The third kappa shape index (κ3) is 5.10. The zero-order valence-electron chi connectivity index (χ0n) is 16.6. The zero-order valence-corrected chi connectivity index (χ0v) is 17.5. The number of aryl methyl sites for hydroxylation is 2. The summed E-state index contributed by atoms with van der Waals surface area (Å²) < 4.78 is 26.5. The molecule has 0 aromatic heterocycles. The lowest BCUT2D eigenvalue weighted by molar-refractivity contribution is -0.131. The summed E-state index contributed by atoms with van der Waals surface area (Å²) in [5.74, 6) is -0.215. The summed E-state index contributed by atoms with van der Waals surface area (Å²) in [6, 6.07) is 14.5. The molecule has 0 spiro atoms. The molecule has 0 saturated carbocycles. The van der Waals surface area contributed by atoms with Gasteiger partial charge in [-0.05, 0) is 43.0 Å². The highest BCUT2D eigenvalue weighted by atomic mass is 32.2. The van der Waals surface area contributed by atoms with Crippen LogP contribution in [0.2, 0.25) is 0 Å². The van der Waals surface area contributed by atoms with E-state index >= 15 is 0 Å². The Labute approximate surface area is 162 Å². The molecule has 0 saturated heterocycles. The molecule has 2 aromatic carbocycles. The number of nitrogens with zero attached hydrogens (tertiary/aromatic N) is 2. The molecule has 2 aromatic rings. The molecule has 0 aliphatic carbocycles. The van der Waals surface area contributed by atoms with Gasteiger partial charge in [0.2, 0.25) is 15.9 Å². The van der Waals surface area contributed by atoms with Crippen molar-refractivity contribution in [1.82, 2.24) is 4.90 Å². The average Bonchev–Trinajstić information content (AvgIpc) is 2.61.